The fraction of sp³-hybridized carbons (Fsp3) is 0.923. The van der Waals surface area contributed by atoms with E-state index in [4.69, 9.17) is 14.2 Å². The van der Waals surface area contributed by atoms with Crippen molar-refractivity contribution in [3.05, 3.63) is 0 Å². The molecular formula is C13H23NO4. The Morgan fingerprint density at radius 1 is 1.44 bits per heavy atom. The summed E-state index contributed by atoms with van der Waals surface area (Å²) in [5, 5.41) is 0. The second kappa shape index (κ2) is 5.45. The van der Waals surface area contributed by atoms with Gasteiger partial charge in [-0.25, -0.2) is 4.79 Å². The van der Waals surface area contributed by atoms with Gasteiger partial charge in [-0.15, -0.1) is 0 Å². The molecule has 2 aliphatic heterocycles. The van der Waals surface area contributed by atoms with Crippen LogP contribution in [0, 0.1) is 0 Å². The minimum absolute atomic E-state index is 0.0942. The van der Waals surface area contributed by atoms with E-state index in [1.54, 1.807) is 12.0 Å². The lowest BCUT2D eigenvalue weighted by atomic mass is 9.88. The van der Waals surface area contributed by atoms with Crippen LogP contribution in [0.25, 0.3) is 0 Å². The molecule has 5 nitrogen and oxygen atoms in total. The van der Waals surface area contributed by atoms with Crippen LogP contribution in [-0.2, 0) is 14.2 Å². The van der Waals surface area contributed by atoms with Crippen molar-refractivity contribution in [2.75, 3.05) is 26.8 Å². The van der Waals surface area contributed by atoms with Crippen molar-refractivity contribution in [3.8, 4) is 0 Å². The van der Waals surface area contributed by atoms with Crippen molar-refractivity contribution < 1.29 is 19.0 Å². The monoisotopic (exact) mass is 257 g/mol. The molecular weight excluding hydrogens is 234 g/mol. The van der Waals surface area contributed by atoms with Gasteiger partial charge in [0.1, 0.15) is 0 Å². The summed E-state index contributed by atoms with van der Waals surface area (Å²) < 4.78 is 16.5. The quantitative estimate of drug-likeness (QED) is 0.757. The lowest BCUT2D eigenvalue weighted by Gasteiger charge is -2.38. The summed E-state index contributed by atoms with van der Waals surface area (Å²) in [6.45, 7) is 5.73. The van der Waals surface area contributed by atoms with Crippen LogP contribution in [0.1, 0.15) is 33.1 Å². The molecule has 1 spiro atoms. The average Bonchev–Trinajstić information content (AvgIpc) is 2.67. The average molecular weight is 257 g/mol. The Bertz CT molecular complexity index is 299. The van der Waals surface area contributed by atoms with Crippen LogP contribution in [0.4, 0.5) is 4.79 Å². The Hall–Kier alpha value is -0.810. The molecule has 2 atom stereocenters. The molecule has 18 heavy (non-hydrogen) atoms. The van der Waals surface area contributed by atoms with Gasteiger partial charge in [-0.05, 0) is 26.7 Å². The number of rotatable bonds is 2. The molecule has 5 heteroatoms. The van der Waals surface area contributed by atoms with Crippen molar-refractivity contribution in [1.29, 1.82) is 0 Å². The number of methoxy groups -OCH3 is 1. The van der Waals surface area contributed by atoms with Gasteiger partial charge >= 0.3 is 6.09 Å². The van der Waals surface area contributed by atoms with Gasteiger partial charge in [0.15, 0.2) is 0 Å². The molecule has 2 saturated heterocycles. The topological polar surface area (TPSA) is 48.0 Å². The molecule has 0 N–H and O–H groups in total. The van der Waals surface area contributed by atoms with Crippen molar-refractivity contribution in [3.63, 3.8) is 0 Å². The number of hydrogen-bond acceptors (Lipinski definition) is 4. The van der Waals surface area contributed by atoms with Crippen LogP contribution in [0.2, 0.25) is 0 Å². The number of carbonyl (C=O) groups excluding carboxylic acids is 1. The van der Waals surface area contributed by atoms with E-state index in [-0.39, 0.29) is 23.9 Å². The molecule has 0 aromatic carbocycles. The third kappa shape index (κ3) is 2.62. The molecule has 0 bridgehead atoms. The number of nitrogens with zero attached hydrogens (tertiary/aromatic N) is 1. The van der Waals surface area contributed by atoms with E-state index in [1.807, 2.05) is 6.92 Å². The Labute approximate surface area is 108 Å². The Kier molecular flexibility index (Phi) is 4.12. The first-order valence-electron chi connectivity index (χ1n) is 6.72. The highest BCUT2D eigenvalue weighted by Crippen LogP contribution is 2.39. The van der Waals surface area contributed by atoms with Crippen molar-refractivity contribution >= 4 is 6.09 Å². The number of amides is 1. The molecule has 2 unspecified atom stereocenters. The summed E-state index contributed by atoms with van der Waals surface area (Å²) in [5.41, 5.74) is -0.0942. The number of piperidine rings is 1. The lowest BCUT2D eigenvalue weighted by Crippen LogP contribution is -2.47. The highest BCUT2D eigenvalue weighted by Gasteiger charge is 2.47. The minimum atomic E-state index is -0.207. The predicted octanol–water partition coefficient (Wildman–Crippen LogP) is 1.80. The largest absolute Gasteiger partial charge is 0.450 e. The van der Waals surface area contributed by atoms with Gasteiger partial charge in [0, 0.05) is 26.6 Å². The van der Waals surface area contributed by atoms with E-state index >= 15 is 0 Å². The molecule has 0 aromatic rings. The Balaban J connectivity index is 1.89. The molecule has 0 radical (unpaired) electrons. The van der Waals surface area contributed by atoms with Gasteiger partial charge < -0.3 is 19.1 Å². The van der Waals surface area contributed by atoms with Gasteiger partial charge in [0.2, 0.25) is 0 Å². The maximum Gasteiger partial charge on any atom is 0.409 e. The molecule has 0 aliphatic carbocycles. The minimum Gasteiger partial charge on any atom is -0.450 e. The van der Waals surface area contributed by atoms with Crippen LogP contribution in [0.15, 0.2) is 0 Å². The predicted molar refractivity (Wildman–Crippen MR) is 66.5 cm³/mol. The van der Waals surface area contributed by atoms with Gasteiger partial charge in [-0.2, -0.15) is 0 Å². The summed E-state index contributed by atoms with van der Waals surface area (Å²) in [7, 11) is 1.73. The van der Waals surface area contributed by atoms with Crippen LogP contribution >= 0.6 is 0 Å². The SMILES string of the molecule is CCOC(=O)N1CCC2(CC1)CC(OC)C(C)O2. The molecule has 2 fully saturated rings. The molecule has 2 rings (SSSR count). The molecule has 2 aliphatic rings. The van der Waals surface area contributed by atoms with E-state index in [0.29, 0.717) is 19.7 Å². The number of carbonyl (C=O) groups is 1. The van der Waals surface area contributed by atoms with Gasteiger partial charge in [0.25, 0.3) is 0 Å². The maximum atomic E-state index is 11.6. The van der Waals surface area contributed by atoms with E-state index in [9.17, 15) is 4.79 Å². The lowest BCUT2D eigenvalue weighted by molar-refractivity contribution is -0.0760. The zero-order valence-electron chi connectivity index (χ0n) is 11.5. The fourth-order valence-corrected chi connectivity index (χ4v) is 2.96. The van der Waals surface area contributed by atoms with Gasteiger partial charge in [-0.3, -0.25) is 0 Å². The first-order chi connectivity index (χ1) is 8.60. The highest BCUT2D eigenvalue weighted by molar-refractivity contribution is 5.67. The second-order valence-corrected chi connectivity index (χ2v) is 5.17. The normalized spacial score (nSPS) is 30.7. The maximum absolute atomic E-state index is 11.6. The summed E-state index contributed by atoms with van der Waals surface area (Å²) in [5.74, 6) is 0. The summed E-state index contributed by atoms with van der Waals surface area (Å²) >= 11 is 0. The summed E-state index contributed by atoms with van der Waals surface area (Å²) in [6.07, 6.45) is 2.79. The van der Waals surface area contributed by atoms with Crippen LogP contribution < -0.4 is 0 Å². The smallest absolute Gasteiger partial charge is 0.409 e. The van der Waals surface area contributed by atoms with Crippen molar-refractivity contribution in [1.82, 2.24) is 4.90 Å². The van der Waals surface area contributed by atoms with Crippen LogP contribution in [-0.4, -0.2) is 55.6 Å². The van der Waals surface area contributed by atoms with Crippen LogP contribution in [0.5, 0.6) is 0 Å². The second-order valence-electron chi connectivity index (χ2n) is 5.17. The van der Waals surface area contributed by atoms with Crippen LogP contribution in [0.3, 0.4) is 0 Å². The zero-order chi connectivity index (χ0) is 13.2. The first kappa shape index (κ1) is 13.6. The first-order valence-corrected chi connectivity index (χ1v) is 6.72. The molecule has 2 heterocycles. The van der Waals surface area contributed by atoms with Crippen molar-refractivity contribution in [2.45, 2.75) is 50.9 Å². The van der Waals surface area contributed by atoms with E-state index in [1.165, 1.54) is 0 Å². The molecule has 0 saturated carbocycles. The van der Waals surface area contributed by atoms with Gasteiger partial charge in [0.05, 0.1) is 24.4 Å². The Morgan fingerprint density at radius 2 is 2.11 bits per heavy atom. The van der Waals surface area contributed by atoms with Crippen molar-refractivity contribution in [2.24, 2.45) is 0 Å². The molecule has 1 amide bonds. The number of ether oxygens (including phenoxy) is 3. The number of hydrogen-bond donors (Lipinski definition) is 0. The van der Waals surface area contributed by atoms with Gasteiger partial charge in [-0.1, -0.05) is 0 Å². The fourth-order valence-electron chi connectivity index (χ4n) is 2.96. The Morgan fingerprint density at radius 3 is 2.61 bits per heavy atom. The zero-order valence-corrected chi connectivity index (χ0v) is 11.5. The third-order valence-electron chi connectivity index (χ3n) is 4.04. The standard InChI is InChI=1S/C13H23NO4/c1-4-17-12(15)14-7-5-13(6-8-14)9-11(16-3)10(2)18-13/h10-11H,4-9H2,1-3H3. The number of likely N-dealkylation sites (tertiary alicyclic amines) is 1. The molecule has 0 aromatic heterocycles. The highest BCUT2D eigenvalue weighted by atomic mass is 16.6. The third-order valence-corrected chi connectivity index (χ3v) is 4.04. The van der Waals surface area contributed by atoms with E-state index in [2.05, 4.69) is 6.92 Å². The summed E-state index contributed by atoms with van der Waals surface area (Å²) in [6, 6.07) is 0. The summed E-state index contributed by atoms with van der Waals surface area (Å²) in [4.78, 5) is 13.4. The van der Waals surface area contributed by atoms with E-state index < -0.39 is 0 Å². The molecule has 104 valence electrons. The van der Waals surface area contributed by atoms with E-state index in [0.717, 1.165) is 19.3 Å².